The molecule has 40 valence electrons. The number of rotatable bonds is 1. The van der Waals surface area contributed by atoms with E-state index in [2.05, 4.69) is 0 Å². The Hall–Kier alpha value is -0.740. The quantitative estimate of drug-likeness (QED) is 0.393. The molecule has 0 spiro atoms. The van der Waals surface area contributed by atoms with Crippen molar-refractivity contribution in [3.8, 4) is 0 Å². The van der Waals surface area contributed by atoms with E-state index in [-0.39, 0.29) is 0 Å². The van der Waals surface area contributed by atoms with Crippen molar-refractivity contribution in [2.75, 3.05) is 0 Å². The van der Waals surface area contributed by atoms with Crippen LogP contribution in [0.15, 0.2) is 4.40 Å². The summed E-state index contributed by atoms with van der Waals surface area (Å²) in [5.74, 6) is 0. The molecule has 0 radical (unpaired) electrons. The topological polar surface area (TPSA) is 70.3 Å². The summed E-state index contributed by atoms with van der Waals surface area (Å²) in [7, 11) is -4.85. The van der Waals surface area contributed by atoms with Crippen LogP contribution < -0.4 is 0 Å². The fourth-order valence-electron chi connectivity index (χ4n) is 0.0545. The van der Waals surface area contributed by atoms with Gasteiger partial charge in [-0.1, -0.05) is 8.28 Å². The zero-order valence-corrected chi connectivity index (χ0v) is 3.87. The number of halogens is 1. The van der Waals surface area contributed by atoms with Gasteiger partial charge in [0.2, 0.25) is 0 Å². The average Bonchev–Trinajstić information content (AvgIpc) is 1.30. The molecule has 1 N–H and O–H groups in total. The first kappa shape index (κ1) is 6.26. The molecule has 0 aliphatic carbocycles. The molecule has 0 amide bonds. The molecule has 0 unspecified atom stereocenters. The first-order chi connectivity index (χ1) is 3.06. The Morgan fingerprint density at radius 2 is 2.14 bits per heavy atom. The summed E-state index contributed by atoms with van der Waals surface area (Å²) < 4.78 is 31.4. The van der Waals surface area contributed by atoms with Crippen molar-refractivity contribution < 1.29 is 12.3 Å². The molecule has 4 nitrogen and oxygen atoms in total. The minimum atomic E-state index is -4.85. The van der Waals surface area contributed by atoms with Crippen molar-refractivity contribution in [1.29, 1.82) is 5.41 Å². The van der Waals surface area contributed by atoms with E-state index < -0.39 is 10.4 Å². The predicted octanol–water partition coefficient (Wildman–Crippen LogP) is -0.0466. The van der Waals surface area contributed by atoms with Gasteiger partial charge in [-0.15, -0.1) is 0 Å². The van der Waals surface area contributed by atoms with Crippen LogP contribution in [0.1, 0.15) is 0 Å². The van der Waals surface area contributed by atoms with E-state index >= 15 is 0 Å². The highest BCUT2D eigenvalue weighted by Crippen LogP contribution is 1.86. The Kier molecular flexibility index (Phi) is 1.62. The number of hydrogen-bond acceptors (Lipinski definition) is 3. The molecule has 0 aliphatic rings. The summed E-state index contributed by atoms with van der Waals surface area (Å²) in [4.78, 5) is 0. The molecule has 6 heteroatoms. The number of hydrogen-bond donors (Lipinski definition) is 1. The van der Waals surface area contributed by atoms with Gasteiger partial charge in [0.1, 0.15) is 6.01 Å². The van der Waals surface area contributed by atoms with Crippen molar-refractivity contribution in [3.05, 3.63) is 0 Å². The lowest BCUT2D eigenvalue weighted by atomic mass is 11.6. The second-order valence-corrected chi connectivity index (χ2v) is 1.62. The van der Waals surface area contributed by atoms with Crippen LogP contribution in [0.4, 0.5) is 3.89 Å². The highest BCUT2D eigenvalue weighted by atomic mass is 32.3. The van der Waals surface area contributed by atoms with Crippen LogP contribution in [0.2, 0.25) is 0 Å². The van der Waals surface area contributed by atoms with Gasteiger partial charge in [-0.2, -0.15) is 8.42 Å². The maximum Gasteiger partial charge on any atom is 0.427 e. The Bertz CT molecular complexity index is 188. The molecule has 0 aromatic heterocycles. The van der Waals surface area contributed by atoms with Crippen LogP contribution in [-0.4, -0.2) is 14.4 Å². The van der Waals surface area contributed by atoms with Crippen molar-refractivity contribution in [1.82, 2.24) is 0 Å². The van der Waals surface area contributed by atoms with Gasteiger partial charge in [0.05, 0.1) is 0 Å². The van der Waals surface area contributed by atoms with Crippen LogP contribution in [-0.2, 0) is 10.4 Å². The Morgan fingerprint density at radius 1 is 1.71 bits per heavy atom. The maximum atomic E-state index is 11.0. The molecule has 0 saturated heterocycles. The average molecular weight is 124 g/mol. The smallest absolute Gasteiger partial charge is 0.241 e. The molecule has 7 heavy (non-hydrogen) atoms. The first-order valence-corrected chi connectivity index (χ1v) is 2.48. The largest absolute Gasteiger partial charge is 0.427 e. The van der Waals surface area contributed by atoms with Crippen molar-refractivity contribution in [2.24, 2.45) is 4.40 Å². The highest BCUT2D eigenvalue weighted by Gasteiger charge is 1.97. The zero-order valence-electron chi connectivity index (χ0n) is 3.05. The van der Waals surface area contributed by atoms with E-state index in [9.17, 15) is 12.3 Å². The van der Waals surface area contributed by atoms with E-state index in [0.717, 1.165) is 6.01 Å². The Morgan fingerprint density at radius 3 is 2.14 bits per heavy atom. The second-order valence-electron chi connectivity index (χ2n) is 0.615. The van der Waals surface area contributed by atoms with E-state index in [0.29, 0.717) is 0 Å². The van der Waals surface area contributed by atoms with Crippen LogP contribution in [0, 0.1) is 5.41 Å². The van der Waals surface area contributed by atoms with Crippen LogP contribution in [0.3, 0.4) is 0 Å². The molecule has 0 aliphatic heterocycles. The van der Waals surface area contributed by atoms with Crippen molar-refractivity contribution in [2.45, 2.75) is 0 Å². The fraction of sp³-hybridized carbons (Fsp3) is 0. The van der Waals surface area contributed by atoms with Gasteiger partial charge in [-0.05, 0) is 0 Å². The second kappa shape index (κ2) is 1.81. The van der Waals surface area contributed by atoms with Gasteiger partial charge in [0.15, 0.2) is 0 Å². The molecule has 0 fully saturated rings. The number of nitrogens with zero attached hydrogens (tertiary/aromatic N) is 1. The normalized spacial score (nSPS) is 9.86. The van der Waals surface area contributed by atoms with Gasteiger partial charge in [-0.25, -0.2) is 5.41 Å². The molecule has 0 saturated carbocycles. The van der Waals surface area contributed by atoms with Crippen molar-refractivity contribution in [3.63, 3.8) is 0 Å². The lowest BCUT2D eigenvalue weighted by Crippen LogP contribution is -1.78. The monoisotopic (exact) mass is 124 g/mol. The number of nitrogens with one attached hydrogen (secondary N) is 1. The molecule has 0 rings (SSSR count). The summed E-state index contributed by atoms with van der Waals surface area (Å²) in [6, 6.07) is 1.02. The standard InChI is InChI=1S/CHFN2O2S/c2-7(5,6)4-1-3/h3H. The van der Waals surface area contributed by atoms with E-state index in [4.69, 9.17) is 5.41 Å². The predicted molar refractivity (Wildman–Crippen MR) is 20.2 cm³/mol. The molecule has 0 heterocycles. The SMILES string of the molecule is N=C=NS(=O)(=O)F. The Labute approximate surface area is 39.5 Å². The third kappa shape index (κ3) is 5.26. The van der Waals surface area contributed by atoms with E-state index in [1.54, 1.807) is 0 Å². The van der Waals surface area contributed by atoms with Gasteiger partial charge in [-0.3, -0.25) is 0 Å². The minimum absolute atomic E-state index is 1.02. The third-order valence-corrected chi connectivity index (χ3v) is 0.464. The maximum absolute atomic E-state index is 11.0. The molecule has 0 aromatic carbocycles. The lowest BCUT2D eigenvalue weighted by molar-refractivity contribution is 0.554. The van der Waals surface area contributed by atoms with Gasteiger partial charge < -0.3 is 0 Å². The summed E-state index contributed by atoms with van der Waals surface area (Å²) in [6.45, 7) is 0. The zero-order chi connectivity index (χ0) is 5.91. The van der Waals surface area contributed by atoms with Crippen LogP contribution in [0.5, 0.6) is 0 Å². The third-order valence-electron chi connectivity index (χ3n) is 0.155. The summed E-state index contributed by atoms with van der Waals surface area (Å²) in [5.41, 5.74) is 0. The molecule has 0 bridgehead atoms. The first-order valence-electron chi connectivity index (χ1n) is 1.14. The molecular weight excluding hydrogens is 123 g/mol. The van der Waals surface area contributed by atoms with Gasteiger partial charge in [0, 0.05) is 0 Å². The Balaban J connectivity index is 4.44. The van der Waals surface area contributed by atoms with Crippen LogP contribution in [0.25, 0.3) is 0 Å². The lowest BCUT2D eigenvalue weighted by Gasteiger charge is -1.67. The van der Waals surface area contributed by atoms with Crippen molar-refractivity contribution >= 4 is 16.4 Å². The molecule has 0 aromatic rings. The van der Waals surface area contributed by atoms with E-state index in [1.165, 1.54) is 0 Å². The van der Waals surface area contributed by atoms with Gasteiger partial charge >= 0.3 is 10.4 Å². The summed E-state index contributed by atoms with van der Waals surface area (Å²) in [5, 5.41) is 5.82. The minimum Gasteiger partial charge on any atom is -0.241 e. The van der Waals surface area contributed by atoms with E-state index in [1.807, 2.05) is 4.40 Å². The molecular formula is CHFN2O2S. The summed E-state index contributed by atoms with van der Waals surface area (Å²) >= 11 is 0. The highest BCUT2D eigenvalue weighted by molar-refractivity contribution is 7.85. The van der Waals surface area contributed by atoms with Gasteiger partial charge in [0.25, 0.3) is 0 Å². The fourth-order valence-corrected chi connectivity index (χ4v) is 0.164. The summed E-state index contributed by atoms with van der Waals surface area (Å²) in [6.07, 6.45) is 0. The van der Waals surface area contributed by atoms with Crippen LogP contribution >= 0.6 is 0 Å². The molecule has 0 atom stereocenters.